The normalized spacial score (nSPS) is 18.2. The molecule has 0 atom stereocenters. The molecule has 0 bridgehead atoms. The Kier molecular flexibility index (Phi) is 3.42. The summed E-state index contributed by atoms with van der Waals surface area (Å²) in [6, 6.07) is 0. The molecule has 0 aromatic heterocycles. The highest BCUT2D eigenvalue weighted by molar-refractivity contribution is 5.69. The summed E-state index contributed by atoms with van der Waals surface area (Å²) in [5.74, 6) is -3.73. The number of likely N-dealkylation sites (tertiary alicyclic amines) is 1. The van der Waals surface area contributed by atoms with E-state index < -0.39 is 30.1 Å². The molecule has 0 spiro atoms. The Balaban J connectivity index is 2.39. The lowest BCUT2D eigenvalue weighted by Crippen LogP contribution is -2.59. The van der Waals surface area contributed by atoms with Crippen molar-refractivity contribution >= 4 is 6.09 Å². The third-order valence-electron chi connectivity index (χ3n) is 2.40. The first-order valence-corrected chi connectivity index (χ1v) is 5.21. The number of alkyl halides is 2. The molecule has 0 aromatic rings. The van der Waals surface area contributed by atoms with E-state index in [2.05, 4.69) is 0 Å². The number of hydrogen-bond acceptors (Lipinski definition) is 3. The highest BCUT2D eigenvalue weighted by Crippen LogP contribution is 2.32. The average Bonchev–Trinajstić information content (AvgIpc) is 1.96. The molecule has 1 saturated heterocycles. The molecule has 0 aromatic carbocycles. The van der Waals surface area contributed by atoms with E-state index >= 15 is 0 Å². The van der Waals surface area contributed by atoms with Crippen molar-refractivity contribution in [3.8, 4) is 0 Å². The van der Waals surface area contributed by atoms with Crippen LogP contribution in [-0.4, -0.2) is 42.2 Å². The monoisotopic (exact) mass is 236 g/mol. The van der Waals surface area contributed by atoms with Gasteiger partial charge in [0.2, 0.25) is 0 Å². The summed E-state index contributed by atoms with van der Waals surface area (Å²) in [5.41, 5.74) is 4.36. The summed E-state index contributed by atoms with van der Waals surface area (Å²) in [6.07, 6.45) is -0.545. The van der Waals surface area contributed by atoms with Gasteiger partial charge in [-0.05, 0) is 20.8 Å². The first-order valence-electron chi connectivity index (χ1n) is 5.21. The third-order valence-corrected chi connectivity index (χ3v) is 2.40. The predicted molar refractivity (Wildman–Crippen MR) is 55.3 cm³/mol. The van der Waals surface area contributed by atoms with E-state index in [0.717, 1.165) is 0 Å². The van der Waals surface area contributed by atoms with E-state index in [9.17, 15) is 13.6 Å². The van der Waals surface area contributed by atoms with E-state index in [4.69, 9.17) is 10.5 Å². The van der Waals surface area contributed by atoms with Crippen molar-refractivity contribution in [3.05, 3.63) is 0 Å². The number of ether oxygens (including phenoxy) is 1. The maximum absolute atomic E-state index is 13.1. The van der Waals surface area contributed by atoms with Crippen molar-refractivity contribution < 1.29 is 18.3 Å². The van der Waals surface area contributed by atoms with Gasteiger partial charge >= 0.3 is 6.09 Å². The highest BCUT2D eigenvalue weighted by atomic mass is 19.3. The number of carbonyl (C=O) groups is 1. The van der Waals surface area contributed by atoms with Gasteiger partial charge in [0.05, 0.1) is 12.5 Å². The average molecular weight is 236 g/mol. The SMILES string of the molecule is CC(C)(C)OC(=O)N1CC(C(F)(F)CN)C1. The van der Waals surface area contributed by atoms with Crippen molar-refractivity contribution in [1.82, 2.24) is 4.90 Å². The van der Waals surface area contributed by atoms with Crippen molar-refractivity contribution in [3.63, 3.8) is 0 Å². The fourth-order valence-corrected chi connectivity index (χ4v) is 1.39. The maximum Gasteiger partial charge on any atom is 0.410 e. The summed E-state index contributed by atoms with van der Waals surface area (Å²) in [6.45, 7) is 4.54. The minimum Gasteiger partial charge on any atom is -0.444 e. The second-order valence-corrected chi connectivity index (χ2v) is 5.05. The number of amides is 1. The summed E-state index contributed by atoms with van der Waals surface area (Å²) in [7, 11) is 0. The highest BCUT2D eigenvalue weighted by Gasteiger charge is 2.47. The molecule has 1 aliphatic rings. The molecule has 6 heteroatoms. The van der Waals surface area contributed by atoms with Gasteiger partial charge < -0.3 is 15.4 Å². The number of rotatable bonds is 2. The second-order valence-electron chi connectivity index (χ2n) is 5.05. The molecule has 1 heterocycles. The molecule has 94 valence electrons. The van der Waals surface area contributed by atoms with Gasteiger partial charge in [-0.25, -0.2) is 13.6 Å². The van der Waals surface area contributed by atoms with Gasteiger partial charge in [-0.2, -0.15) is 0 Å². The summed E-state index contributed by atoms with van der Waals surface area (Å²) in [4.78, 5) is 12.7. The van der Waals surface area contributed by atoms with Gasteiger partial charge in [0.1, 0.15) is 5.60 Å². The quantitative estimate of drug-likeness (QED) is 0.789. The molecule has 0 saturated carbocycles. The third kappa shape index (κ3) is 3.04. The molecular formula is C10H18F2N2O2. The minimum absolute atomic E-state index is 0.0130. The first-order chi connectivity index (χ1) is 7.15. The number of halogens is 2. The van der Waals surface area contributed by atoms with Gasteiger partial charge in [-0.3, -0.25) is 0 Å². The largest absolute Gasteiger partial charge is 0.444 e. The predicted octanol–water partition coefficient (Wildman–Crippen LogP) is 1.45. The van der Waals surface area contributed by atoms with Gasteiger partial charge in [-0.15, -0.1) is 0 Å². The van der Waals surface area contributed by atoms with Crippen LogP contribution >= 0.6 is 0 Å². The van der Waals surface area contributed by atoms with Crippen LogP contribution in [0.1, 0.15) is 20.8 Å². The topological polar surface area (TPSA) is 55.6 Å². The van der Waals surface area contributed by atoms with Crippen molar-refractivity contribution in [2.45, 2.75) is 32.3 Å². The van der Waals surface area contributed by atoms with Crippen molar-refractivity contribution in [2.24, 2.45) is 11.7 Å². The molecule has 2 N–H and O–H groups in total. The zero-order valence-corrected chi connectivity index (χ0v) is 9.80. The molecule has 1 aliphatic heterocycles. The van der Waals surface area contributed by atoms with Crippen LogP contribution in [0.4, 0.5) is 13.6 Å². The molecule has 1 rings (SSSR count). The van der Waals surface area contributed by atoms with Crippen molar-refractivity contribution in [1.29, 1.82) is 0 Å². The number of hydrogen-bond donors (Lipinski definition) is 1. The van der Waals surface area contributed by atoms with Gasteiger partial charge in [-0.1, -0.05) is 0 Å². The van der Waals surface area contributed by atoms with E-state index in [1.165, 1.54) is 4.90 Å². The maximum atomic E-state index is 13.1. The van der Waals surface area contributed by atoms with Crippen LogP contribution in [0.5, 0.6) is 0 Å². The first kappa shape index (κ1) is 13.2. The Morgan fingerprint density at radius 2 is 1.94 bits per heavy atom. The van der Waals surface area contributed by atoms with Crippen LogP contribution in [0, 0.1) is 5.92 Å². The van der Waals surface area contributed by atoms with Crippen LogP contribution in [0.2, 0.25) is 0 Å². The molecular weight excluding hydrogens is 218 g/mol. The van der Waals surface area contributed by atoms with Crippen LogP contribution in [-0.2, 0) is 4.74 Å². The standard InChI is InChI=1S/C10H18F2N2O2/c1-9(2,3)16-8(15)14-4-7(5-14)10(11,12)6-13/h7H,4-6,13H2,1-3H3. The number of carbonyl (C=O) groups excluding carboxylic acids is 1. The Morgan fingerprint density at radius 1 is 1.44 bits per heavy atom. The van der Waals surface area contributed by atoms with Crippen LogP contribution < -0.4 is 5.73 Å². The number of nitrogens with zero attached hydrogens (tertiary/aromatic N) is 1. The Bertz CT molecular complexity index is 270. The Labute approximate surface area is 93.7 Å². The molecule has 1 fully saturated rings. The smallest absolute Gasteiger partial charge is 0.410 e. The van der Waals surface area contributed by atoms with Gasteiger partial charge in [0, 0.05) is 13.1 Å². The minimum atomic E-state index is -2.89. The van der Waals surface area contributed by atoms with Crippen LogP contribution in [0.25, 0.3) is 0 Å². The van der Waals surface area contributed by atoms with Crippen molar-refractivity contribution in [2.75, 3.05) is 19.6 Å². The van der Waals surface area contributed by atoms with E-state index in [0.29, 0.717) is 0 Å². The zero-order chi connectivity index (χ0) is 12.6. The number of nitrogens with two attached hydrogens (primary N) is 1. The lowest BCUT2D eigenvalue weighted by atomic mass is 9.93. The van der Waals surface area contributed by atoms with Gasteiger partial charge in [0.15, 0.2) is 0 Å². The van der Waals surface area contributed by atoms with Gasteiger partial charge in [0.25, 0.3) is 5.92 Å². The Morgan fingerprint density at radius 3 is 2.31 bits per heavy atom. The molecule has 0 aliphatic carbocycles. The second kappa shape index (κ2) is 4.16. The van der Waals surface area contributed by atoms with Crippen LogP contribution in [0.3, 0.4) is 0 Å². The van der Waals surface area contributed by atoms with E-state index in [-0.39, 0.29) is 13.1 Å². The Hall–Kier alpha value is -0.910. The molecule has 16 heavy (non-hydrogen) atoms. The summed E-state index contributed by atoms with van der Waals surface area (Å²) >= 11 is 0. The van der Waals surface area contributed by atoms with E-state index in [1.807, 2.05) is 0 Å². The zero-order valence-electron chi connectivity index (χ0n) is 9.80. The van der Waals surface area contributed by atoms with Crippen LogP contribution in [0.15, 0.2) is 0 Å². The summed E-state index contributed by atoms with van der Waals surface area (Å²) < 4.78 is 31.2. The molecule has 0 unspecified atom stereocenters. The molecule has 4 nitrogen and oxygen atoms in total. The molecule has 0 radical (unpaired) electrons. The van der Waals surface area contributed by atoms with E-state index in [1.54, 1.807) is 20.8 Å². The lowest BCUT2D eigenvalue weighted by molar-refractivity contribution is -0.108. The fourth-order valence-electron chi connectivity index (χ4n) is 1.39. The fraction of sp³-hybridized carbons (Fsp3) is 0.900. The molecule has 1 amide bonds. The lowest BCUT2D eigenvalue weighted by Gasteiger charge is -2.42. The summed E-state index contributed by atoms with van der Waals surface area (Å²) in [5, 5.41) is 0.